The molecule has 0 atom stereocenters. The SMILES string of the molecule is Cl.O=C1c2ccccc2-c2nn(CCO)c3ccc(NCCN4CCNCC4)c1c23. The maximum absolute atomic E-state index is 13.4. The molecule has 1 fully saturated rings. The molecular weight excluding hydrogens is 402 g/mol. The Bertz CT molecular complexity index is 1070. The van der Waals surface area contributed by atoms with Crippen LogP contribution in [-0.4, -0.2) is 71.4 Å². The number of ketones is 1. The molecule has 1 aliphatic carbocycles. The van der Waals surface area contributed by atoms with Crippen molar-refractivity contribution < 1.29 is 9.90 Å². The number of carbonyl (C=O) groups is 1. The molecule has 2 aromatic carbocycles. The number of halogens is 1. The number of benzene rings is 2. The van der Waals surface area contributed by atoms with Gasteiger partial charge in [-0.3, -0.25) is 14.4 Å². The zero-order chi connectivity index (χ0) is 19.8. The molecule has 30 heavy (non-hydrogen) atoms. The van der Waals surface area contributed by atoms with Crippen molar-refractivity contribution in [3.63, 3.8) is 0 Å². The van der Waals surface area contributed by atoms with Crippen LogP contribution in [0.5, 0.6) is 0 Å². The van der Waals surface area contributed by atoms with Crippen LogP contribution < -0.4 is 10.6 Å². The summed E-state index contributed by atoms with van der Waals surface area (Å²) < 4.78 is 1.80. The molecule has 1 saturated heterocycles. The summed E-state index contributed by atoms with van der Waals surface area (Å²) in [5.74, 6) is 0.0342. The summed E-state index contributed by atoms with van der Waals surface area (Å²) in [7, 11) is 0. The van der Waals surface area contributed by atoms with Crippen molar-refractivity contribution >= 4 is 34.8 Å². The van der Waals surface area contributed by atoms with Gasteiger partial charge in [-0.1, -0.05) is 24.3 Å². The Morgan fingerprint density at radius 1 is 1.07 bits per heavy atom. The summed E-state index contributed by atoms with van der Waals surface area (Å²) in [6, 6.07) is 11.6. The van der Waals surface area contributed by atoms with Crippen molar-refractivity contribution in [2.24, 2.45) is 0 Å². The van der Waals surface area contributed by atoms with Gasteiger partial charge >= 0.3 is 0 Å². The van der Waals surface area contributed by atoms with E-state index in [0.29, 0.717) is 17.7 Å². The van der Waals surface area contributed by atoms with Gasteiger partial charge in [0.25, 0.3) is 0 Å². The first-order valence-corrected chi connectivity index (χ1v) is 10.2. The Hall–Kier alpha value is -2.45. The Morgan fingerprint density at radius 2 is 1.83 bits per heavy atom. The minimum absolute atomic E-state index is 0. The van der Waals surface area contributed by atoms with Crippen LogP contribution in [-0.2, 0) is 6.54 Å². The third-order valence-electron chi connectivity index (χ3n) is 5.84. The highest BCUT2D eigenvalue weighted by Crippen LogP contribution is 2.41. The highest BCUT2D eigenvalue weighted by molar-refractivity contribution is 6.27. The molecule has 2 heterocycles. The Balaban J connectivity index is 0.00000218. The maximum Gasteiger partial charge on any atom is 0.196 e. The standard InChI is InChI=1S/C22H25N5O2.ClH/c28-14-13-27-18-6-5-17(24-9-12-26-10-7-23-8-11-26)19-20(18)21(25-27)15-3-1-2-4-16(15)22(19)29;/h1-6,23-24,28H,7-14H2;1H. The van der Waals surface area contributed by atoms with Crippen LogP contribution >= 0.6 is 12.4 Å². The molecular formula is C22H26ClN5O2. The zero-order valence-electron chi connectivity index (χ0n) is 16.7. The van der Waals surface area contributed by atoms with E-state index < -0.39 is 0 Å². The number of nitrogens with one attached hydrogen (secondary N) is 2. The molecule has 0 radical (unpaired) electrons. The van der Waals surface area contributed by atoms with E-state index in [4.69, 9.17) is 5.10 Å². The molecule has 1 aliphatic heterocycles. The van der Waals surface area contributed by atoms with E-state index >= 15 is 0 Å². The van der Waals surface area contributed by atoms with E-state index in [-0.39, 0.29) is 24.8 Å². The first-order chi connectivity index (χ1) is 14.3. The van der Waals surface area contributed by atoms with Crippen molar-refractivity contribution in [1.29, 1.82) is 0 Å². The van der Waals surface area contributed by atoms with Gasteiger partial charge in [0.15, 0.2) is 5.78 Å². The molecule has 158 valence electrons. The summed E-state index contributed by atoms with van der Waals surface area (Å²) >= 11 is 0. The predicted molar refractivity (Wildman–Crippen MR) is 121 cm³/mol. The number of aliphatic hydroxyl groups excluding tert-OH is 1. The average molecular weight is 428 g/mol. The highest BCUT2D eigenvalue weighted by atomic mass is 35.5. The van der Waals surface area contributed by atoms with Crippen LogP contribution in [0.15, 0.2) is 36.4 Å². The summed E-state index contributed by atoms with van der Waals surface area (Å²) in [6.45, 7) is 6.30. The monoisotopic (exact) mass is 427 g/mol. The summed E-state index contributed by atoms with van der Waals surface area (Å²) in [5, 5.41) is 21.9. The number of fused-ring (bicyclic) bond motifs is 2. The van der Waals surface area contributed by atoms with Gasteiger partial charge in [-0.15, -0.1) is 12.4 Å². The second kappa shape index (κ2) is 8.73. The van der Waals surface area contributed by atoms with Gasteiger partial charge in [0.1, 0.15) is 5.69 Å². The third-order valence-corrected chi connectivity index (χ3v) is 5.84. The fourth-order valence-electron chi connectivity index (χ4n) is 4.41. The average Bonchev–Trinajstić information content (AvgIpc) is 3.12. The smallest absolute Gasteiger partial charge is 0.196 e. The summed E-state index contributed by atoms with van der Waals surface area (Å²) in [4.78, 5) is 15.8. The van der Waals surface area contributed by atoms with Crippen LogP contribution in [0.25, 0.3) is 22.2 Å². The molecule has 7 nitrogen and oxygen atoms in total. The molecule has 8 heteroatoms. The topological polar surface area (TPSA) is 82.4 Å². The number of aliphatic hydroxyl groups is 1. The Labute approximate surface area is 181 Å². The van der Waals surface area contributed by atoms with Crippen LogP contribution in [0, 0.1) is 0 Å². The lowest BCUT2D eigenvalue weighted by atomic mass is 9.86. The molecule has 0 saturated carbocycles. The van der Waals surface area contributed by atoms with E-state index in [9.17, 15) is 9.90 Å². The van der Waals surface area contributed by atoms with Gasteiger partial charge in [-0.2, -0.15) is 5.10 Å². The van der Waals surface area contributed by atoms with Gasteiger partial charge in [-0.05, 0) is 12.1 Å². The number of aromatic nitrogens is 2. The molecule has 0 spiro atoms. The van der Waals surface area contributed by atoms with E-state index in [2.05, 4.69) is 15.5 Å². The minimum Gasteiger partial charge on any atom is -0.394 e. The number of nitrogens with zero attached hydrogens (tertiary/aromatic N) is 3. The molecule has 3 aromatic rings. The molecule has 0 unspecified atom stereocenters. The fraction of sp³-hybridized carbons (Fsp3) is 0.364. The van der Waals surface area contributed by atoms with Crippen LogP contribution in [0.3, 0.4) is 0 Å². The fourth-order valence-corrected chi connectivity index (χ4v) is 4.41. The van der Waals surface area contributed by atoms with E-state index in [1.165, 1.54) is 0 Å². The third kappa shape index (κ3) is 3.48. The molecule has 1 aromatic heterocycles. The number of rotatable bonds is 6. The second-order valence-corrected chi connectivity index (χ2v) is 7.57. The zero-order valence-corrected chi connectivity index (χ0v) is 17.5. The minimum atomic E-state index is 0. The Morgan fingerprint density at radius 3 is 2.60 bits per heavy atom. The highest BCUT2D eigenvalue weighted by Gasteiger charge is 2.30. The molecule has 2 aliphatic rings. The van der Waals surface area contributed by atoms with Crippen LogP contribution in [0.2, 0.25) is 0 Å². The van der Waals surface area contributed by atoms with Crippen molar-refractivity contribution in [2.45, 2.75) is 6.54 Å². The van der Waals surface area contributed by atoms with Crippen molar-refractivity contribution in [1.82, 2.24) is 20.0 Å². The van der Waals surface area contributed by atoms with E-state index in [0.717, 1.165) is 67.1 Å². The molecule has 5 rings (SSSR count). The molecule has 0 amide bonds. The lowest BCUT2D eigenvalue weighted by Gasteiger charge is -2.27. The Kier molecular flexibility index (Phi) is 6.06. The predicted octanol–water partition coefficient (Wildman–Crippen LogP) is 1.98. The van der Waals surface area contributed by atoms with Gasteiger partial charge in [0, 0.05) is 61.5 Å². The lowest BCUT2D eigenvalue weighted by molar-refractivity contribution is 0.104. The maximum atomic E-state index is 13.4. The van der Waals surface area contributed by atoms with Gasteiger partial charge in [0.2, 0.25) is 0 Å². The van der Waals surface area contributed by atoms with Gasteiger partial charge in [0.05, 0.1) is 24.2 Å². The quantitative estimate of drug-likeness (QED) is 0.436. The van der Waals surface area contributed by atoms with Gasteiger partial charge in [-0.25, -0.2) is 0 Å². The summed E-state index contributed by atoms with van der Waals surface area (Å²) in [6.07, 6.45) is 0. The number of piperazine rings is 1. The summed E-state index contributed by atoms with van der Waals surface area (Å²) in [5.41, 5.74) is 4.82. The van der Waals surface area contributed by atoms with Crippen molar-refractivity contribution in [3.8, 4) is 11.3 Å². The van der Waals surface area contributed by atoms with Crippen LogP contribution in [0.1, 0.15) is 15.9 Å². The second-order valence-electron chi connectivity index (χ2n) is 7.57. The van der Waals surface area contributed by atoms with E-state index in [1.807, 2.05) is 36.4 Å². The largest absolute Gasteiger partial charge is 0.394 e. The normalized spacial score (nSPS) is 15.7. The first-order valence-electron chi connectivity index (χ1n) is 10.2. The van der Waals surface area contributed by atoms with Gasteiger partial charge < -0.3 is 15.7 Å². The number of anilines is 1. The molecule has 0 bridgehead atoms. The van der Waals surface area contributed by atoms with Crippen LogP contribution in [0.4, 0.5) is 5.69 Å². The molecule has 3 N–H and O–H groups in total. The number of hydrogen-bond acceptors (Lipinski definition) is 6. The van der Waals surface area contributed by atoms with Crippen molar-refractivity contribution in [2.75, 3.05) is 51.2 Å². The number of carbonyl (C=O) groups excluding carboxylic acids is 1. The number of hydrogen-bond donors (Lipinski definition) is 3. The lowest BCUT2D eigenvalue weighted by Crippen LogP contribution is -2.45. The van der Waals surface area contributed by atoms with E-state index in [1.54, 1.807) is 4.68 Å². The van der Waals surface area contributed by atoms with Crippen molar-refractivity contribution in [3.05, 3.63) is 47.5 Å². The first kappa shape index (κ1) is 20.8.